The number of unbranched alkanes of at least 4 members (excludes halogenated alkanes) is 1. The van der Waals surface area contributed by atoms with Crippen molar-refractivity contribution in [3.63, 3.8) is 0 Å². The standard InChI is InChI=1S/C21H27NOS.ClH/c1-3-5-14-21(4-2)15-24-19-9-7-6-8-18(19)20(22-21)16-10-12-17(23)13-11-16;/h6-13,20,22-23H,3-5,14-15H2,1-2H3;1H/t20-,21-;/m1./s1. The van der Waals surface area contributed by atoms with Gasteiger partial charge >= 0.3 is 0 Å². The van der Waals surface area contributed by atoms with Crippen molar-refractivity contribution >= 4 is 24.2 Å². The Morgan fingerprint density at radius 2 is 1.84 bits per heavy atom. The maximum Gasteiger partial charge on any atom is 0.115 e. The van der Waals surface area contributed by atoms with Crippen molar-refractivity contribution in [3.8, 4) is 5.75 Å². The van der Waals surface area contributed by atoms with Gasteiger partial charge in [0.15, 0.2) is 0 Å². The molecule has 25 heavy (non-hydrogen) atoms. The predicted molar refractivity (Wildman–Crippen MR) is 110 cm³/mol. The monoisotopic (exact) mass is 377 g/mol. The molecule has 0 spiro atoms. The normalized spacial score (nSPS) is 22.6. The van der Waals surface area contributed by atoms with Crippen LogP contribution in [0, 0.1) is 0 Å². The van der Waals surface area contributed by atoms with Gasteiger partial charge in [-0.1, -0.05) is 57.0 Å². The summed E-state index contributed by atoms with van der Waals surface area (Å²) < 4.78 is 0. The summed E-state index contributed by atoms with van der Waals surface area (Å²) in [6, 6.07) is 16.6. The number of benzene rings is 2. The fourth-order valence-electron chi connectivity index (χ4n) is 3.46. The predicted octanol–water partition coefficient (Wildman–Crippen LogP) is 5.94. The third-order valence-corrected chi connectivity index (χ3v) is 6.48. The average Bonchev–Trinajstić information content (AvgIpc) is 2.79. The van der Waals surface area contributed by atoms with Crippen LogP contribution < -0.4 is 5.32 Å². The van der Waals surface area contributed by atoms with Crippen LogP contribution in [0.25, 0.3) is 0 Å². The Labute approximate surface area is 161 Å². The van der Waals surface area contributed by atoms with E-state index in [-0.39, 0.29) is 24.0 Å². The van der Waals surface area contributed by atoms with Gasteiger partial charge in [0.25, 0.3) is 0 Å². The molecule has 2 aromatic carbocycles. The van der Waals surface area contributed by atoms with Crippen molar-refractivity contribution in [2.45, 2.75) is 56.0 Å². The lowest BCUT2D eigenvalue weighted by Crippen LogP contribution is -2.48. The van der Waals surface area contributed by atoms with Crippen molar-refractivity contribution in [1.29, 1.82) is 0 Å². The molecule has 2 aromatic rings. The fraction of sp³-hybridized carbons (Fsp3) is 0.429. The van der Waals surface area contributed by atoms with E-state index in [1.807, 2.05) is 23.9 Å². The Bertz CT molecular complexity index is 676. The van der Waals surface area contributed by atoms with Gasteiger partial charge in [-0.15, -0.1) is 24.2 Å². The third kappa shape index (κ3) is 4.52. The summed E-state index contributed by atoms with van der Waals surface area (Å²) in [5.74, 6) is 1.43. The summed E-state index contributed by atoms with van der Waals surface area (Å²) in [5, 5.41) is 13.6. The highest BCUT2D eigenvalue weighted by molar-refractivity contribution is 7.99. The van der Waals surface area contributed by atoms with Gasteiger partial charge in [0.1, 0.15) is 5.75 Å². The molecular formula is C21H28ClNOS. The summed E-state index contributed by atoms with van der Waals surface area (Å²) in [4.78, 5) is 1.37. The molecule has 3 rings (SSSR count). The first-order valence-corrected chi connectivity index (χ1v) is 9.94. The fourth-order valence-corrected chi connectivity index (χ4v) is 4.85. The summed E-state index contributed by atoms with van der Waals surface area (Å²) in [6.45, 7) is 4.56. The third-order valence-electron chi connectivity index (χ3n) is 5.10. The number of hydrogen-bond acceptors (Lipinski definition) is 3. The van der Waals surface area contributed by atoms with Gasteiger partial charge in [-0.05, 0) is 42.2 Å². The van der Waals surface area contributed by atoms with E-state index in [0.29, 0.717) is 5.75 Å². The summed E-state index contributed by atoms with van der Waals surface area (Å²) in [5.41, 5.74) is 2.72. The Balaban J connectivity index is 0.00000225. The highest BCUT2D eigenvalue weighted by Crippen LogP contribution is 2.40. The zero-order valence-corrected chi connectivity index (χ0v) is 16.6. The first-order chi connectivity index (χ1) is 11.7. The Morgan fingerprint density at radius 1 is 1.12 bits per heavy atom. The van der Waals surface area contributed by atoms with Crippen molar-refractivity contribution in [1.82, 2.24) is 5.32 Å². The minimum Gasteiger partial charge on any atom is -0.508 e. The number of aromatic hydroxyl groups is 1. The van der Waals surface area contributed by atoms with E-state index in [1.165, 1.54) is 35.3 Å². The van der Waals surface area contributed by atoms with Crippen molar-refractivity contribution in [2.75, 3.05) is 5.75 Å². The highest BCUT2D eigenvalue weighted by Gasteiger charge is 2.35. The molecule has 1 heterocycles. The zero-order chi connectivity index (χ0) is 17.0. The van der Waals surface area contributed by atoms with Crippen molar-refractivity contribution in [3.05, 3.63) is 59.7 Å². The minimum atomic E-state index is 0. The number of halogens is 1. The van der Waals surface area contributed by atoms with Crippen molar-refractivity contribution < 1.29 is 5.11 Å². The molecule has 0 fully saturated rings. The molecule has 2 N–H and O–H groups in total. The summed E-state index contributed by atoms with van der Waals surface area (Å²) in [6.07, 6.45) is 4.81. The first-order valence-electron chi connectivity index (χ1n) is 8.96. The van der Waals surface area contributed by atoms with Crippen LogP contribution in [0.15, 0.2) is 53.4 Å². The van der Waals surface area contributed by atoms with Crippen LogP contribution in [0.5, 0.6) is 5.75 Å². The maximum absolute atomic E-state index is 9.65. The Hall–Kier alpha value is -1.16. The van der Waals surface area contributed by atoms with Gasteiger partial charge in [-0.3, -0.25) is 5.32 Å². The lowest BCUT2D eigenvalue weighted by atomic mass is 9.88. The Kier molecular flexibility index (Phi) is 7.24. The number of nitrogens with one attached hydrogen (secondary N) is 1. The second kappa shape index (κ2) is 8.98. The number of phenolic OH excluding ortho intramolecular Hbond substituents is 1. The van der Waals surface area contributed by atoms with Crippen LogP contribution in [0.2, 0.25) is 0 Å². The van der Waals surface area contributed by atoms with Crippen LogP contribution in [0.3, 0.4) is 0 Å². The molecule has 2 nitrogen and oxygen atoms in total. The molecule has 2 atom stereocenters. The van der Waals surface area contributed by atoms with Gasteiger partial charge in [-0.2, -0.15) is 0 Å². The maximum atomic E-state index is 9.65. The largest absolute Gasteiger partial charge is 0.508 e. The van der Waals surface area contributed by atoms with Gasteiger partial charge < -0.3 is 5.11 Å². The summed E-state index contributed by atoms with van der Waals surface area (Å²) in [7, 11) is 0. The molecule has 1 aliphatic heterocycles. The van der Waals surface area contributed by atoms with E-state index in [1.54, 1.807) is 12.1 Å². The van der Waals surface area contributed by atoms with Gasteiger partial charge in [-0.25, -0.2) is 0 Å². The lowest BCUT2D eigenvalue weighted by molar-refractivity contribution is 0.298. The van der Waals surface area contributed by atoms with Crippen LogP contribution in [0.1, 0.15) is 56.7 Å². The van der Waals surface area contributed by atoms with Crippen LogP contribution in [-0.2, 0) is 0 Å². The molecular weight excluding hydrogens is 350 g/mol. The molecule has 0 amide bonds. The lowest BCUT2D eigenvalue weighted by Gasteiger charge is -2.36. The molecule has 1 aliphatic rings. The molecule has 0 unspecified atom stereocenters. The molecule has 136 valence electrons. The van der Waals surface area contributed by atoms with E-state index in [2.05, 4.69) is 43.4 Å². The molecule has 0 aliphatic carbocycles. The van der Waals surface area contributed by atoms with Crippen LogP contribution in [-0.4, -0.2) is 16.4 Å². The van der Waals surface area contributed by atoms with E-state index >= 15 is 0 Å². The average molecular weight is 378 g/mol. The smallest absolute Gasteiger partial charge is 0.115 e. The molecule has 0 radical (unpaired) electrons. The first kappa shape index (κ1) is 20.2. The molecule has 0 bridgehead atoms. The van der Waals surface area contributed by atoms with Crippen LogP contribution in [0.4, 0.5) is 0 Å². The quantitative estimate of drug-likeness (QED) is 0.676. The van der Waals surface area contributed by atoms with E-state index in [4.69, 9.17) is 0 Å². The zero-order valence-electron chi connectivity index (χ0n) is 15.0. The molecule has 4 heteroatoms. The second-order valence-electron chi connectivity index (χ2n) is 6.73. The van der Waals surface area contributed by atoms with Crippen molar-refractivity contribution in [2.24, 2.45) is 0 Å². The van der Waals surface area contributed by atoms with Gasteiger partial charge in [0, 0.05) is 16.2 Å². The van der Waals surface area contributed by atoms with Gasteiger partial charge in [0.2, 0.25) is 0 Å². The molecule has 0 aromatic heterocycles. The SMILES string of the molecule is CCCC[C@]1(CC)CSc2ccccc2[C@@H](c2ccc(O)cc2)N1.Cl. The van der Waals surface area contributed by atoms with E-state index < -0.39 is 0 Å². The molecule has 0 saturated carbocycles. The van der Waals surface area contributed by atoms with Gasteiger partial charge in [0.05, 0.1) is 6.04 Å². The Morgan fingerprint density at radius 3 is 2.52 bits per heavy atom. The topological polar surface area (TPSA) is 32.3 Å². The number of phenols is 1. The number of fused-ring (bicyclic) bond motifs is 1. The summed E-state index contributed by atoms with van der Waals surface area (Å²) >= 11 is 1.98. The number of hydrogen-bond donors (Lipinski definition) is 2. The number of thioether (sulfide) groups is 1. The number of rotatable bonds is 5. The minimum absolute atomic E-state index is 0. The highest BCUT2D eigenvalue weighted by atomic mass is 35.5. The van der Waals surface area contributed by atoms with E-state index in [0.717, 1.165) is 12.2 Å². The second-order valence-corrected chi connectivity index (χ2v) is 7.75. The molecule has 0 saturated heterocycles. The van der Waals surface area contributed by atoms with E-state index in [9.17, 15) is 5.11 Å². The van der Waals surface area contributed by atoms with Crippen LogP contribution >= 0.6 is 24.2 Å².